The first kappa shape index (κ1) is 40.6. The van der Waals surface area contributed by atoms with Crippen molar-refractivity contribution in [2.24, 2.45) is 0 Å². The van der Waals surface area contributed by atoms with E-state index in [1.165, 1.54) is 10.7 Å². The first-order valence-corrected chi connectivity index (χ1v) is 22.2. The Labute approximate surface area is 334 Å². The van der Waals surface area contributed by atoms with Crippen molar-refractivity contribution in [1.29, 1.82) is 10.5 Å². The number of aromatic nitrogens is 4. The lowest BCUT2D eigenvalue weighted by molar-refractivity contribution is 0.0415. The molecular weight excluding hydrogens is 748 g/mol. The van der Waals surface area contributed by atoms with Gasteiger partial charge in [-0.1, -0.05) is 44.5 Å². The summed E-state index contributed by atoms with van der Waals surface area (Å²) in [5, 5.41) is 31.5. The van der Waals surface area contributed by atoms with Crippen LogP contribution in [0.4, 0.5) is 27.9 Å². The summed E-state index contributed by atoms with van der Waals surface area (Å²) in [6.45, 7) is 17.9. The monoisotopic (exact) mass is 798 g/mol. The fourth-order valence-electron chi connectivity index (χ4n) is 6.43. The molecule has 1 aliphatic heterocycles. The normalized spacial score (nSPS) is 17.5. The number of amides is 1. The summed E-state index contributed by atoms with van der Waals surface area (Å²) in [5.41, 5.74) is 2.56. The minimum atomic E-state index is -2.30. The summed E-state index contributed by atoms with van der Waals surface area (Å²) in [5.74, 6) is 1.52. The maximum atomic E-state index is 13.0. The van der Waals surface area contributed by atoms with Crippen LogP contribution in [0.3, 0.4) is 0 Å². The van der Waals surface area contributed by atoms with E-state index in [4.69, 9.17) is 30.5 Å². The molecule has 56 heavy (non-hydrogen) atoms. The topological polar surface area (TPSA) is 166 Å². The number of carbonyl (C=O) groups is 1. The first-order valence-electron chi connectivity index (χ1n) is 18.9. The number of nitriles is 2. The van der Waals surface area contributed by atoms with Crippen molar-refractivity contribution in [1.82, 2.24) is 24.9 Å². The second-order valence-electron chi connectivity index (χ2n) is 17.0. The molecule has 3 heterocycles. The quantitative estimate of drug-likeness (QED) is 0.141. The Morgan fingerprint density at radius 3 is 2.39 bits per heavy atom. The second-order valence-corrected chi connectivity index (χ2v) is 22.1. The van der Waals surface area contributed by atoms with E-state index in [0.717, 1.165) is 24.2 Å². The number of anilines is 4. The minimum absolute atomic E-state index is 0.0778. The van der Waals surface area contributed by atoms with Gasteiger partial charge in [-0.25, -0.2) is 9.78 Å². The van der Waals surface area contributed by atoms with Crippen LogP contribution < -0.4 is 25.2 Å². The van der Waals surface area contributed by atoms with Crippen molar-refractivity contribution in [2.75, 3.05) is 35.3 Å². The highest BCUT2D eigenvalue weighted by molar-refractivity contribution is 6.74. The van der Waals surface area contributed by atoms with E-state index >= 15 is 0 Å². The van der Waals surface area contributed by atoms with Gasteiger partial charge in [0.25, 0.3) is 0 Å². The van der Waals surface area contributed by atoms with E-state index in [1.54, 1.807) is 19.2 Å². The molecule has 2 aromatic carbocycles. The Balaban J connectivity index is 1.34. The molecule has 2 N–H and O–H groups in total. The third-order valence-corrected chi connectivity index (χ3v) is 15.4. The summed E-state index contributed by atoms with van der Waals surface area (Å²) < 4.78 is 19.4. The number of nitrogens with one attached hydrogen (secondary N) is 2. The van der Waals surface area contributed by atoms with Gasteiger partial charge in [0.2, 0.25) is 5.95 Å². The molecule has 296 valence electrons. The second kappa shape index (κ2) is 15.8. The molecule has 1 aliphatic carbocycles. The average molecular weight is 799 g/mol. The molecule has 0 unspecified atom stereocenters. The van der Waals surface area contributed by atoms with Gasteiger partial charge in [-0.2, -0.15) is 20.0 Å². The summed E-state index contributed by atoms with van der Waals surface area (Å²) in [6, 6.07) is 15.7. The summed E-state index contributed by atoms with van der Waals surface area (Å²) in [4.78, 5) is 26.8. The van der Waals surface area contributed by atoms with Crippen LogP contribution in [0.2, 0.25) is 23.2 Å². The van der Waals surface area contributed by atoms with E-state index in [1.807, 2.05) is 45.0 Å². The SMILES string of the molecule is COc1ccc(CN(c2nc(Nc3cc(C#N)cc(N4CC[C@@H](NC(=O)OC(C)(C)C)[C@H](O[Si](C)(C)C(C)(C)C)C4)c3Cl)nn3c(C#N)cnc23)C2CC2)cc1. The number of piperidine rings is 1. The highest BCUT2D eigenvalue weighted by atomic mass is 35.5. The predicted molar refractivity (Wildman–Crippen MR) is 219 cm³/mol. The molecular formula is C40H51ClN10O4Si. The number of hydrogen-bond donors (Lipinski definition) is 2. The molecule has 4 aromatic rings. The predicted octanol–water partition coefficient (Wildman–Crippen LogP) is 7.94. The van der Waals surface area contributed by atoms with Crippen molar-refractivity contribution in [3.8, 4) is 17.9 Å². The number of hydrogen-bond acceptors (Lipinski definition) is 12. The molecule has 0 radical (unpaired) electrons. The Morgan fingerprint density at radius 2 is 1.79 bits per heavy atom. The van der Waals surface area contributed by atoms with Crippen LogP contribution in [0.25, 0.3) is 5.65 Å². The summed E-state index contributed by atoms with van der Waals surface area (Å²) in [7, 11) is -0.662. The van der Waals surface area contributed by atoms with Crippen LogP contribution >= 0.6 is 11.6 Å². The van der Waals surface area contributed by atoms with Crippen LogP contribution in [0.5, 0.6) is 5.75 Å². The van der Waals surface area contributed by atoms with Crippen LogP contribution in [-0.4, -0.2) is 78.0 Å². The minimum Gasteiger partial charge on any atom is -0.497 e. The molecule has 2 aliphatic rings. The Kier molecular flexibility index (Phi) is 11.4. The highest BCUT2D eigenvalue weighted by Crippen LogP contribution is 2.41. The van der Waals surface area contributed by atoms with E-state index in [0.29, 0.717) is 59.5 Å². The molecule has 1 saturated heterocycles. The third kappa shape index (κ3) is 9.13. The number of fused-ring (bicyclic) bond motifs is 1. The molecule has 0 bridgehead atoms. The van der Waals surface area contributed by atoms with Crippen LogP contribution in [0, 0.1) is 22.7 Å². The van der Waals surface area contributed by atoms with Gasteiger partial charge in [0.15, 0.2) is 25.5 Å². The van der Waals surface area contributed by atoms with Crippen molar-refractivity contribution in [3.63, 3.8) is 0 Å². The van der Waals surface area contributed by atoms with Gasteiger partial charge in [0.1, 0.15) is 17.4 Å². The fraction of sp³-hybridized carbons (Fsp3) is 0.500. The molecule has 1 amide bonds. The van der Waals surface area contributed by atoms with Crippen molar-refractivity contribution < 1.29 is 18.7 Å². The Morgan fingerprint density at radius 1 is 1.07 bits per heavy atom. The Hall–Kier alpha value is -5.09. The molecule has 0 spiro atoms. The lowest BCUT2D eigenvalue weighted by atomic mass is 10.0. The van der Waals surface area contributed by atoms with E-state index in [9.17, 15) is 15.3 Å². The number of nitrogens with zero attached hydrogens (tertiary/aromatic N) is 8. The average Bonchev–Trinajstić information content (AvgIpc) is 3.89. The lowest BCUT2D eigenvalue weighted by Gasteiger charge is -2.46. The smallest absolute Gasteiger partial charge is 0.407 e. The number of imidazole rings is 1. The maximum Gasteiger partial charge on any atom is 0.407 e. The molecule has 2 aromatic heterocycles. The number of halogens is 1. The summed E-state index contributed by atoms with van der Waals surface area (Å²) in [6.07, 6.45) is 3.15. The van der Waals surface area contributed by atoms with Crippen LogP contribution in [0.15, 0.2) is 42.6 Å². The van der Waals surface area contributed by atoms with Gasteiger partial charge in [0.05, 0.1) is 53.5 Å². The lowest BCUT2D eigenvalue weighted by Crippen LogP contribution is -2.59. The van der Waals surface area contributed by atoms with E-state index in [-0.39, 0.29) is 34.9 Å². The number of alkyl carbamates (subject to hydrolysis) is 1. The number of rotatable bonds is 11. The molecule has 6 rings (SSSR count). The van der Waals surface area contributed by atoms with Crippen molar-refractivity contribution in [2.45, 2.75) is 109 Å². The molecule has 1 saturated carbocycles. The van der Waals surface area contributed by atoms with Crippen LogP contribution in [0.1, 0.15) is 77.6 Å². The van der Waals surface area contributed by atoms with Gasteiger partial charge in [-0.05, 0) is 88.0 Å². The van der Waals surface area contributed by atoms with Crippen molar-refractivity contribution in [3.05, 3.63) is 64.4 Å². The van der Waals surface area contributed by atoms with E-state index in [2.05, 4.69) is 76.5 Å². The van der Waals surface area contributed by atoms with Gasteiger partial charge in [-0.15, -0.1) is 5.10 Å². The third-order valence-electron chi connectivity index (χ3n) is 10.5. The van der Waals surface area contributed by atoms with Crippen LogP contribution in [-0.2, 0) is 15.7 Å². The number of ether oxygens (including phenoxy) is 2. The highest BCUT2D eigenvalue weighted by Gasteiger charge is 2.43. The van der Waals surface area contributed by atoms with Gasteiger partial charge >= 0.3 is 6.09 Å². The molecule has 14 nitrogen and oxygen atoms in total. The summed E-state index contributed by atoms with van der Waals surface area (Å²) >= 11 is 7.24. The number of benzene rings is 2. The van der Waals surface area contributed by atoms with Gasteiger partial charge < -0.3 is 34.3 Å². The molecule has 2 atom stereocenters. The standard InChI is InChI=1S/C40H51ClN10O4Si/c1-39(2,3)54-38(52)46-30-16-17-49(24-33(30)55-56(8,9)40(4,5)6)32-19-26(20-42)18-31(34(32)41)45-37-47-36(35-44-22-28(21-43)51(35)48-37)50(27-12-13-27)23-25-10-14-29(53-7)15-11-25/h10-11,14-15,18-19,22,27,30,33H,12-13,16-17,23-24H2,1-9H3,(H,45,48)(H,46,52)/t30-,33-/m1/s1. The van der Waals surface area contributed by atoms with Gasteiger partial charge in [0, 0.05) is 25.7 Å². The molecule has 2 fully saturated rings. The maximum absolute atomic E-state index is 13.0. The molecule has 16 heteroatoms. The largest absolute Gasteiger partial charge is 0.497 e. The van der Waals surface area contributed by atoms with Gasteiger partial charge in [-0.3, -0.25) is 0 Å². The number of methoxy groups -OCH3 is 1. The van der Waals surface area contributed by atoms with E-state index < -0.39 is 20.0 Å². The first-order chi connectivity index (χ1) is 26.4. The Bertz CT molecular complexity index is 2160. The van der Waals surface area contributed by atoms with Crippen molar-refractivity contribution >= 4 is 54.8 Å². The number of carbonyl (C=O) groups excluding carboxylic acids is 1. The fourth-order valence-corrected chi connectivity index (χ4v) is 8.05. The zero-order valence-electron chi connectivity index (χ0n) is 33.6. The zero-order valence-corrected chi connectivity index (χ0v) is 35.4. The zero-order chi connectivity index (χ0) is 40.6.